The first-order valence-corrected chi connectivity index (χ1v) is 8.86. The lowest BCUT2D eigenvalue weighted by molar-refractivity contribution is 0.0693. The smallest absolute Gasteiger partial charge is 0.290 e. The van der Waals surface area contributed by atoms with Crippen LogP contribution in [-0.4, -0.2) is 21.8 Å². The van der Waals surface area contributed by atoms with Crippen molar-refractivity contribution in [2.75, 3.05) is 0 Å². The molecule has 0 unspecified atom stereocenters. The predicted octanol–water partition coefficient (Wildman–Crippen LogP) is 4.20. The summed E-state index contributed by atoms with van der Waals surface area (Å²) >= 11 is 0. The van der Waals surface area contributed by atoms with Crippen molar-refractivity contribution < 1.29 is 18.3 Å². The van der Waals surface area contributed by atoms with E-state index in [0.717, 1.165) is 18.4 Å². The number of aromatic nitrogens is 1. The van der Waals surface area contributed by atoms with Crippen molar-refractivity contribution in [1.82, 2.24) is 9.88 Å². The second-order valence-electron chi connectivity index (χ2n) is 6.53. The van der Waals surface area contributed by atoms with E-state index in [9.17, 15) is 9.18 Å². The Morgan fingerprint density at radius 1 is 1.11 bits per heavy atom. The fourth-order valence-corrected chi connectivity index (χ4v) is 2.84. The molecule has 1 aromatic carbocycles. The lowest BCUT2D eigenvalue weighted by Gasteiger charge is -2.21. The molecular weight excluding hydrogens is 347 g/mol. The molecule has 1 fully saturated rings. The number of benzene rings is 1. The van der Waals surface area contributed by atoms with Crippen LogP contribution in [0.1, 0.15) is 34.7 Å². The first-order valence-electron chi connectivity index (χ1n) is 8.86. The molecular formula is C21H19FN2O3. The highest BCUT2D eigenvalue weighted by atomic mass is 19.1. The summed E-state index contributed by atoms with van der Waals surface area (Å²) in [5.41, 5.74) is 1.04. The summed E-state index contributed by atoms with van der Waals surface area (Å²) in [6, 6.07) is 13.2. The highest BCUT2D eigenvalue weighted by Crippen LogP contribution is 2.30. The quantitative estimate of drug-likeness (QED) is 0.629. The maximum absolute atomic E-state index is 12.9. The topological polar surface area (TPSA) is 55.6 Å². The Morgan fingerprint density at radius 3 is 2.56 bits per heavy atom. The Kier molecular flexibility index (Phi) is 4.87. The largest absolute Gasteiger partial charge is 0.486 e. The van der Waals surface area contributed by atoms with Crippen molar-refractivity contribution in [2.45, 2.75) is 32.0 Å². The zero-order valence-electron chi connectivity index (χ0n) is 14.7. The highest BCUT2D eigenvalue weighted by molar-refractivity contribution is 5.92. The Morgan fingerprint density at radius 2 is 1.85 bits per heavy atom. The van der Waals surface area contributed by atoms with Crippen LogP contribution in [0.5, 0.6) is 5.75 Å². The average molecular weight is 366 g/mol. The Hall–Kier alpha value is -3.15. The van der Waals surface area contributed by atoms with E-state index in [2.05, 4.69) is 4.98 Å². The molecule has 0 radical (unpaired) electrons. The first-order chi connectivity index (χ1) is 13.2. The molecule has 4 rings (SSSR count). The minimum atomic E-state index is -0.317. The number of carbonyl (C=O) groups is 1. The molecule has 5 nitrogen and oxygen atoms in total. The van der Waals surface area contributed by atoms with Crippen molar-refractivity contribution in [3.63, 3.8) is 0 Å². The molecule has 2 heterocycles. The highest BCUT2D eigenvalue weighted by Gasteiger charge is 2.34. The summed E-state index contributed by atoms with van der Waals surface area (Å²) in [6.07, 6.45) is 5.47. The van der Waals surface area contributed by atoms with Crippen LogP contribution in [0, 0.1) is 5.82 Å². The van der Waals surface area contributed by atoms with Crippen LogP contribution in [0.2, 0.25) is 0 Å². The number of hydrogen-bond donors (Lipinski definition) is 0. The molecule has 0 aliphatic heterocycles. The van der Waals surface area contributed by atoms with Gasteiger partial charge in [0.15, 0.2) is 5.76 Å². The predicted molar refractivity (Wildman–Crippen MR) is 96.6 cm³/mol. The number of ether oxygens (including phenoxy) is 1. The summed E-state index contributed by atoms with van der Waals surface area (Å²) in [4.78, 5) is 18.7. The van der Waals surface area contributed by atoms with Crippen LogP contribution < -0.4 is 4.74 Å². The fraction of sp³-hybridized carbons (Fsp3) is 0.238. The summed E-state index contributed by atoms with van der Waals surface area (Å²) < 4.78 is 24.2. The van der Waals surface area contributed by atoms with E-state index in [4.69, 9.17) is 9.15 Å². The third kappa shape index (κ3) is 4.34. The van der Waals surface area contributed by atoms with Gasteiger partial charge in [0.1, 0.15) is 23.9 Å². The van der Waals surface area contributed by atoms with Crippen molar-refractivity contribution >= 4 is 5.91 Å². The van der Waals surface area contributed by atoms with Gasteiger partial charge in [-0.05, 0) is 66.9 Å². The van der Waals surface area contributed by atoms with Crippen molar-refractivity contribution in [3.05, 3.63) is 83.8 Å². The fourth-order valence-electron chi connectivity index (χ4n) is 2.84. The van der Waals surface area contributed by atoms with E-state index in [1.807, 2.05) is 17.0 Å². The number of halogens is 1. The van der Waals surface area contributed by atoms with Crippen LogP contribution in [0.25, 0.3) is 0 Å². The van der Waals surface area contributed by atoms with E-state index in [0.29, 0.717) is 23.8 Å². The van der Waals surface area contributed by atoms with Gasteiger partial charge in [-0.15, -0.1) is 0 Å². The van der Waals surface area contributed by atoms with E-state index in [-0.39, 0.29) is 24.4 Å². The molecule has 27 heavy (non-hydrogen) atoms. The van der Waals surface area contributed by atoms with Gasteiger partial charge in [0.05, 0.1) is 0 Å². The number of rotatable bonds is 7. The Labute approximate surface area is 156 Å². The number of furan rings is 1. The number of pyridine rings is 1. The molecule has 0 spiro atoms. The molecule has 2 aromatic heterocycles. The molecule has 1 aliphatic rings. The monoisotopic (exact) mass is 366 g/mol. The van der Waals surface area contributed by atoms with Gasteiger partial charge in [0.2, 0.25) is 0 Å². The third-order valence-electron chi connectivity index (χ3n) is 4.42. The van der Waals surface area contributed by atoms with E-state index in [1.165, 1.54) is 12.1 Å². The summed E-state index contributed by atoms with van der Waals surface area (Å²) in [7, 11) is 0. The summed E-state index contributed by atoms with van der Waals surface area (Å²) in [6.45, 7) is 0.709. The maximum Gasteiger partial charge on any atom is 0.290 e. The number of amides is 1. The molecule has 1 aliphatic carbocycles. The van der Waals surface area contributed by atoms with Gasteiger partial charge >= 0.3 is 0 Å². The molecule has 0 N–H and O–H groups in total. The lowest BCUT2D eigenvalue weighted by atomic mass is 10.2. The molecule has 1 saturated carbocycles. The number of hydrogen-bond acceptors (Lipinski definition) is 4. The van der Waals surface area contributed by atoms with Gasteiger partial charge in [-0.25, -0.2) is 4.39 Å². The van der Waals surface area contributed by atoms with Crippen LogP contribution in [-0.2, 0) is 13.2 Å². The average Bonchev–Trinajstić information content (AvgIpc) is 3.43. The van der Waals surface area contributed by atoms with E-state index >= 15 is 0 Å². The maximum atomic E-state index is 12.9. The molecule has 6 heteroatoms. The zero-order valence-corrected chi connectivity index (χ0v) is 14.7. The van der Waals surface area contributed by atoms with Crippen molar-refractivity contribution in [2.24, 2.45) is 0 Å². The zero-order chi connectivity index (χ0) is 18.6. The molecule has 1 amide bonds. The SMILES string of the molecule is O=C(c1ccc(COc2ccc(F)cc2)o1)N(Cc1ccncc1)C1CC1. The minimum absolute atomic E-state index is 0.123. The van der Waals surface area contributed by atoms with Crippen molar-refractivity contribution in [1.29, 1.82) is 0 Å². The number of nitrogens with zero attached hydrogens (tertiary/aromatic N) is 2. The van der Waals surface area contributed by atoms with Gasteiger partial charge in [-0.2, -0.15) is 0 Å². The normalized spacial score (nSPS) is 13.4. The van der Waals surface area contributed by atoms with Crippen LogP contribution in [0.4, 0.5) is 4.39 Å². The van der Waals surface area contributed by atoms with Crippen molar-refractivity contribution in [3.8, 4) is 5.75 Å². The molecule has 0 bridgehead atoms. The van der Waals surface area contributed by atoms with E-state index in [1.54, 1.807) is 36.7 Å². The third-order valence-corrected chi connectivity index (χ3v) is 4.42. The van der Waals surface area contributed by atoms with Crippen LogP contribution in [0.3, 0.4) is 0 Å². The van der Waals surface area contributed by atoms with Gasteiger partial charge in [0, 0.05) is 25.0 Å². The number of carbonyl (C=O) groups excluding carboxylic acids is 1. The van der Waals surface area contributed by atoms with Gasteiger partial charge in [-0.1, -0.05) is 0 Å². The lowest BCUT2D eigenvalue weighted by Crippen LogP contribution is -2.32. The standard InChI is InChI=1S/C21H19FN2O3/c22-16-1-5-18(6-2-16)26-14-19-7-8-20(27-19)21(25)24(17-3-4-17)13-15-9-11-23-12-10-15/h1-2,5-12,17H,3-4,13-14H2. The molecule has 0 atom stereocenters. The van der Waals surface area contributed by atoms with E-state index < -0.39 is 0 Å². The second kappa shape index (κ2) is 7.61. The minimum Gasteiger partial charge on any atom is -0.486 e. The van der Waals surface area contributed by atoms with Gasteiger partial charge in [-0.3, -0.25) is 9.78 Å². The van der Waals surface area contributed by atoms with Gasteiger partial charge in [0.25, 0.3) is 5.91 Å². The first kappa shape index (κ1) is 17.3. The Bertz CT molecular complexity index is 905. The van der Waals surface area contributed by atoms with Gasteiger partial charge < -0.3 is 14.1 Å². The second-order valence-corrected chi connectivity index (χ2v) is 6.53. The van der Waals surface area contributed by atoms with Crippen LogP contribution in [0.15, 0.2) is 65.3 Å². The molecule has 3 aromatic rings. The van der Waals surface area contributed by atoms with Crippen LogP contribution >= 0.6 is 0 Å². The molecule has 0 saturated heterocycles. The molecule has 138 valence electrons. The Balaban J connectivity index is 1.41. The summed E-state index contributed by atoms with van der Waals surface area (Å²) in [5, 5.41) is 0. The summed E-state index contributed by atoms with van der Waals surface area (Å²) in [5.74, 6) is 0.943.